The number of halogens is 6. The molecule has 4 nitrogen and oxygen atoms in total. The quantitative estimate of drug-likeness (QED) is 0.621. The van der Waals surface area contributed by atoms with E-state index in [2.05, 4.69) is 4.74 Å². The maximum absolute atomic E-state index is 13.7. The van der Waals surface area contributed by atoms with Gasteiger partial charge in [0.2, 0.25) is 0 Å². The zero-order valence-electron chi connectivity index (χ0n) is 10.8. The van der Waals surface area contributed by atoms with Crippen LogP contribution in [-0.2, 0) is 14.9 Å². The second-order valence-corrected chi connectivity index (χ2v) is 6.46. The fourth-order valence-corrected chi connectivity index (χ4v) is 1.78. The SMILES string of the molecule is CC(C)(C)OCCC(F)(C(F)(F)F)C(F)(F)S(=O)(=O)O. The van der Waals surface area contributed by atoms with E-state index in [1.165, 1.54) is 20.8 Å². The summed E-state index contributed by atoms with van der Waals surface area (Å²) in [7, 11) is -6.59. The van der Waals surface area contributed by atoms with Crippen LogP contribution in [0.5, 0.6) is 0 Å². The van der Waals surface area contributed by atoms with Gasteiger partial charge in [-0.15, -0.1) is 0 Å². The van der Waals surface area contributed by atoms with Gasteiger partial charge in [0.25, 0.3) is 5.67 Å². The maximum atomic E-state index is 13.7. The summed E-state index contributed by atoms with van der Waals surface area (Å²) in [5, 5.41) is -6.04. The average molecular weight is 332 g/mol. The molecule has 0 aliphatic carbocycles. The minimum Gasteiger partial charge on any atom is -0.376 e. The van der Waals surface area contributed by atoms with Crippen LogP contribution >= 0.6 is 0 Å². The number of alkyl halides is 6. The molecule has 0 radical (unpaired) electrons. The fourth-order valence-electron chi connectivity index (χ4n) is 1.15. The Hall–Kier alpha value is -0.550. The molecule has 0 saturated carbocycles. The van der Waals surface area contributed by atoms with Crippen molar-refractivity contribution >= 4 is 10.1 Å². The molecule has 0 bridgehead atoms. The number of hydrogen-bond acceptors (Lipinski definition) is 3. The summed E-state index contributed by atoms with van der Waals surface area (Å²) < 4.78 is 111. The molecule has 0 rings (SSSR count). The summed E-state index contributed by atoms with van der Waals surface area (Å²) in [6.07, 6.45) is -8.20. The first-order chi connectivity index (χ1) is 8.46. The Morgan fingerprint density at radius 1 is 1.00 bits per heavy atom. The first-order valence-corrected chi connectivity index (χ1v) is 6.64. The lowest BCUT2D eigenvalue weighted by atomic mass is 10.0. The molecule has 0 aliphatic rings. The summed E-state index contributed by atoms with van der Waals surface area (Å²) in [6, 6.07) is 0. The molecule has 0 aromatic rings. The van der Waals surface area contributed by atoms with E-state index in [9.17, 15) is 34.8 Å². The molecule has 0 amide bonds. The lowest BCUT2D eigenvalue weighted by Crippen LogP contribution is -2.59. The largest absolute Gasteiger partial charge is 0.429 e. The van der Waals surface area contributed by atoms with E-state index in [0.717, 1.165) is 0 Å². The maximum Gasteiger partial charge on any atom is 0.429 e. The topological polar surface area (TPSA) is 63.6 Å². The van der Waals surface area contributed by atoms with Crippen molar-refractivity contribution in [3.8, 4) is 0 Å². The molecule has 0 fully saturated rings. The summed E-state index contributed by atoms with van der Waals surface area (Å²) in [6.45, 7) is 3.01. The monoisotopic (exact) mass is 332 g/mol. The Bertz CT molecular complexity index is 438. The van der Waals surface area contributed by atoms with Gasteiger partial charge < -0.3 is 4.74 Å². The second kappa shape index (κ2) is 5.34. The minimum atomic E-state index is -6.59. The molecular formula is C9H14F6O4S. The highest BCUT2D eigenvalue weighted by molar-refractivity contribution is 7.87. The van der Waals surface area contributed by atoms with Gasteiger partial charge in [-0.2, -0.15) is 30.4 Å². The first kappa shape index (κ1) is 19.4. The van der Waals surface area contributed by atoms with Gasteiger partial charge in [0.05, 0.1) is 12.2 Å². The van der Waals surface area contributed by atoms with Crippen molar-refractivity contribution in [2.45, 2.75) is 49.9 Å². The van der Waals surface area contributed by atoms with Crippen molar-refractivity contribution in [1.82, 2.24) is 0 Å². The molecule has 0 aliphatic heterocycles. The van der Waals surface area contributed by atoms with Crippen molar-refractivity contribution < 1.29 is 44.0 Å². The molecule has 20 heavy (non-hydrogen) atoms. The Labute approximate surface area is 111 Å². The van der Waals surface area contributed by atoms with E-state index < -0.39 is 45.8 Å². The summed E-state index contributed by atoms with van der Waals surface area (Å²) in [5.74, 6) is 0. The third kappa shape index (κ3) is 3.98. The summed E-state index contributed by atoms with van der Waals surface area (Å²) >= 11 is 0. The van der Waals surface area contributed by atoms with E-state index in [0.29, 0.717) is 0 Å². The van der Waals surface area contributed by atoms with Crippen LogP contribution in [0.15, 0.2) is 0 Å². The Balaban J connectivity index is 5.47. The second-order valence-electron chi connectivity index (χ2n) is 5.00. The highest BCUT2D eigenvalue weighted by Gasteiger charge is 2.76. The highest BCUT2D eigenvalue weighted by atomic mass is 32.2. The lowest BCUT2D eigenvalue weighted by molar-refractivity contribution is -0.286. The van der Waals surface area contributed by atoms with Gasteiger partial charge in [-0.05, 0) is 20.8 Å². The van der Waals surface area contributed by atoms with Crippen molar-refractivity contribution in [2.75, 3.05) is 6.61 Å². The van der Waals surface area contributed by atoms with E-state index in [-0.39, 0.29) is 0 Å². The molecule has 11 heteroatoms. The van der Waals surface area contributed by atoms with Gasteiger partial charge in [-0.1, -0.05) is 0 Å². The molecule has 0 spiro atoms. The summed E-state index contributed by atoms with van der Waals surface area (Å²) in [5.41, 5.74) is -6.50. The van der Waals surface area contributed by atoms with Crippen LogP contribution in [0.2, 0.25) is 0 Å². The van der Waals surface area contributed by atoms with Crippen LogP contribution in [0, 0.1) is 0 Å². The fraction of sp³-hybridized carbons (Fsp3) is 1.00. The normalized spacial score (nSPS) is 17.9. The van der Waals surface area contributed by atoms with E-state index >= 15 is 0 Å². The molecule has 1 atom stereocenters. The standard InChI is InChI=1S/C9H14F6O4S/c1-6(2,3)19-5-4-7(10,8(11,12)13)9(14,15)20(16,17)18/h4-5H2,1-3H3,(H,16,17,18). The van der Waals surface area contributed by atoms with Gasteiger partial charge in [0, 0.05) is 6.42 Å². The average Bonchev–Trinajstić information content (AvgIpc) is 2.11. The summed E-state index contributed by atoms with van der Waals surface area (Å²) in [4.78, 5) is 0. The smallest absolute Gasteiger partial charge is 0.376 e. The molecule has 122 valence electrons. The Kier molecular flexibility index (Phi) is 5.19. The minimum absolute atomic E-state index is 1.04. The van der Waals surface area contributed by atoms with E-state index in [1.807, 2.05) is 0 Å². The zero-order valence-corrected chi connectivity index (χ0v) is 11.6. The van der Waals surface area contributed by atoms with Crippen LogP contribution < -0.4 is 0 Å². The van der Waals surface area contributed by atoms with Crippen molar-refractivity contribution in [3.63, 3.8) is 0 Å². The van der Waals surface area contributed by atoms with Gasteiger partial charge >= 0.3 is 21.5 Å². The molecule has 0 aromatic carbocycles. The Morgan fingerprint density at radius 2 is 1.40 bits per heavy atom. The van der Waals surface area contributed by atoms with Crippen LogP contribution in [0.3, 0.4) is 0 Å². The van der Waals surface area contributed by atoms with Crippen LogP contribution in [0.1, 0.15) is 27.2 Å². The van der Waals surface area contributed by atoms with Crippen LogP contribution in [0.4, 0.5) is 26.3 Å². The van der Waals surface area contributed by atoms with Gasteiger partial charge in [-0.3, -0.25) is 4.55 Å². The third-order valence-corrected chi connectivity index (χ3v) is 3.19. The Morgan fingerprint density at radius 3 is 1.65 bits per heavy atom. The van der Waals surface area contributed by atoms with Crippen LogP contribution in [0.25, 0.3) is 0 Å². The van der Waals surface area contributed by atoms with Gasteiger partial charge in [0.15, 0.2) is 0 Å². The zero-order chi connectivity index (χ0) is 16.6. The van der Waals surface area contributed by atoms with Gasteiger partial charge in [-0.25, -0.2) is 4.39 Å². The third-order valence-electron chi connectivity index (χ3n) is 2.22. The van der Waals surface area contributed by atoms with E-state index in [4.69, 9.17) is 4.55 Å². The molecule has 1 unspecified atom stereocenters. The van der Waals surface area contributed by atoms with Gasteiger partial charge in [0.1, 0.15) is 0 Å². The molecule has 0 aromatic heterocycles. The lowest BCUT2D eigenvalue weighted by Gasteiger charge is -2.33. The molecule has 0 heterocycles. The van der Waals surface area contributed by atoms with Crippen molar-refractivity contribution in [2.24, 2.45) is 0 Å². The number of ether oxygens (including phenoxy) is 1. The number of rotatable bonds is 5. The predicted molar refractivity (Wildman–Crippen MR) is 56.7 cm³/mol. The predicted octanol–water partition coefficient (Wildman–Crippen LogP) is 2.94. The molecular weight excluding hydrogens is 318 g/mol. The highest BCUT2D eigenvalue weighted by Crippen LogP contribution is 2.49. The molecule has 1 N–H and O–H groups in total. The van der Waals surface area contributed by atoms with Crippen molar-refractivity contribution in [3.05, 3.63) is 0 Å². The first-order valence-electron chi connectivity index (χ1n) is 5.20. The van der Waals surface area contributed by atoms with E-state index in [1.54, 1.807) is 0 Å². The number of hydrogen-bond donors (Lipinski definition) is 1. The van der Waals surface area contributed by atoms with Crippen LogP contribution in [-0.4, -0.2) is 42.3 Å². The van der Waals surface area contributed by atoms with Crippen molar-refractivity contribution in [1.29, 1.82) is 0 Å². The molecule has 0 saturated heterocycles.